The number of aliphatic hydroxyl groups is 1. The first-order chi connectivity index (χ1) is 9.02. The predicted molar refractivity (Wildman–Crippen MR) is 68.9 cm³/mol. The van der Waals surface area contributed by atoms with Gasteiger partial charge >= 0.3 is 0 Å². The largest absolute Gasteiger partial charge is 0.496 e. The molecule has 1 aromatic carbocycles. The Labute approximate surface area is 112 Å². The van der Waals surface area contributed by atoms with Gasteiger partial charge in [0.25, 0.3) is 6.43 Å². The molecular weight excluding hydrogens is 254 g/mol. The molecule has 0 spiro atoms. The molecule has 0 aliphatic carbocycles. The van der Waals surface area contributed by atoms with Crippen molar-refractivity contribution in [1.29, 1.82) is 0 Å². The molecule has 0 aromatic heterocycles. The third kappa shape index (κ3) is 5.98. The van der Waals surface area contributed by atoms with Gasteiger partial charge < -0.3 is 14.6 Å². The Kier molecular flexibility index (Phi) is 6.73. The Morgan fingerprint density at radius 3 is 2.68 bits per heavy atom. The predicted octanol–water partition coefficient (Wildman–Crippen LogP) is 2.58. The van der Waals surface area contributed by atoms with E-state index in [9.17, 15) is 13.9 Å². The van der Waals surface area contributed by atoms with Crippen LogP contribution < -0.4 is 4.74 Å². The lowest BCUT2D eigenvalue weighted by atomic mass is 10.0. The SMILES string of the molecule is COc1ccc(C)cc1CC(O)CCOCC(F)F. The molecule has 0 aliphatic heterocycles. The number of halogens is 2. The van der Waals surface area contributed by atoms with Crippen LogP contribution in [0.15, 0.2) is 18.2 Å². The van der Waals surface area contributed by atoms with Crippen LogP contribution in [0.25, 0.3) is 0 Å². The fourth-order valence-corrected chi connectivity index (χ4v) is 1.81. The smallest absolute Gasteiger partial charge is 0.261 e. The van der Waals surface area contributed by atoms with Gasteiger partial charge in [0.1, 0.15) is 12.4 Å². The Morgan fingerprint density at radius 1 is 1.32 bits per heavy atom. The van der Waals surface area contributed by atoms with Gasteiger partial charge in [-0.2, -0.15) is 0 Å². The topological polar surface area (TPSA) is 38.7 Å². The van der Waals surface area contributed by atoms with Gasteiger partial charge in [-0.15, -0.1) is 0 Å². The van der Waals surface area contributed by atoms with E-state index in [1.165, 1.54) is 0 Å². The quantitative estimate of drug-likeness (QED) is 0.740. The summed E-state index contributed by atoms with van der Waals surface area (Å²) in [5, 5.41) is 9.86. The fourth-order valence-electron chi connectivity index (χ4n) is 1.81. The summed E-state index contributed by atoms with van der Waals surface area (Å²) in [6.45, 7) is 1.50. The van der Waals surface area contributed by atoms with E-state index in [1.807, 2.05) is 25.1 Å². The number of methoxy groups -OCH3 is 1. The van der Waals surface area contributed by atoms with Crippen LogP contribution in [0.3, 0.4) is 0 Å². The van der Waals surface area contributed by atoms with Crippen molar-refractivity contribution in [3.63, 3.8) is 0 Å². The molecule has 1 unspecified atom stereocenters. The third-order valence-electron chi connectivity index (χ3n) is 2.73. The summed E-state index contributed by atoms with van der Waals surface area (Å²) < 4.78 is 33.6. The van der Waals surface area contributed by atoms with Gasteiger partial charge in [-0.1, -0.05) is 17.7 Å². The van der Waals surface area contributed by atoms with Crippen LogP contribution in [0, 0.1) is 6.92 Å². The van der Waals surface area contributed by atoms with Crippen molar-refractivity contribution in [3.8, 4) is 5.75 Å². The van der Waals surface area contributed by atoms with Crippen LogP contribution in [0.2, 0.25) is 0 Å². The molecule has 0 saturated heterocycles. The molecule has 1 rings (SSSR count). The van der Waals surface area contributed by atoms with E-state index in [1.54, 1.807) is 7.11 Å². The van der Waals surface area contributed by atoms with Gasteiger partial charge in [-0.25, -0.2) is 8.78 Å². The molecule has 0 bridgehead atoms. The molecule has 0 heterocycles. The van der Waals surface area contributed by atoms with Crippen molar-refractivity contribution >= 4 is 0 Å². The first-order valence-electron chi connectivity index (χ1n) is 6.20. The zero-order valence-electron chi connectivity index (χ0n) is 11.2. The second kappa shape index (κ2) is 8.07. The summed E-state index contributed by atoms with van der Waals surface area (Å²) in [7, 11) is 1.58. The minimum Gasteiger partial charge on any atom is -0.496 e. The molecule has 0 fully saturated rings. The fraction of sp³-hybridized carbons (Fsp3) is 0.571. The van der Waals surface area contributed by atoms with Crippen molar-refractivity contribution in [2.75, 3.05) is 20.3 Å². The molecule has 1 N–H and O–H groups in total. The molecular formula is C14H20F2O3. The number of ether oxygens (including phenoxy) is 2. The minimum atomic E-state index is -2.46. The maximum Gasteiger partial charge on any atom is 0.261 e. The summed E-state index contributed by atoms with van der Waals surface area (Å²) >= 11 is 0. The van der Waals surface area contributed by atoms with E-state index in [4.69, 9.17) is 9.47 Å². The standard InChI is InChI=1S/C14H20F2O3/c1-10-3-4-13(18-2)11(7-10)8-12(17)5-6-19-9-14(15)16/h3-4,7,12,14,17H,5-6,8-9H2,1-2H3. The molecule has 3 nitrogen and oxygen atoms in total. The zero-order valence-corrected chi connectivity index (χ0v) is 11.2. The second-order valence-corrected chi connectivity index (χ2v) is 4.43. The van der Waals surface area contributed by atoms with Gasteiger partial charge in [0, 0.05) is 13.0 Å². The molecule has 1 atom stereocenters. The van der Waals surface area contributed by atoms with Crippen LogP contribution in [-0.2, 0) is 11.2 Å². The summed E-state index contributed by atoms with van der Waals surface area (Å²) in [5.74, 6) is 0.721. The number of aryl methyl sites for hydroxylation is 1. The number of hydrogen-bond acceptors (Lipinski definition) is 3. The molecule has 0 saturated carbocycles. The zero-order chi connectivity index (χ0) is 14.3. The van der Waals surface area contributed by atoms with Crippen LogP contribution >= 0.6 is 0 Å². The monoisotopic (exact) mass is 274 g/mol. The highest BCUT2D eigenvalue weighted by Crippen LogP contribution is 2.21. The summed E-state index contributed by atoms with van der Waals surface area (Å²) in [6, 6.07) is 5.73. The number of hydrogen-bond donors (Lipinski definition) is 1. The van der Waals surface area contributed by atoms with Crippen LogP contribution in [0.5, 0.6) is 5.75 Å². The van der Waals surface area contributed by atoms with Crippen molar-refractivity contribution in [2.45, 2.75) is 32.3 Å². The highest BCUT2D eigenvalue weighted by molar-refractivity contribution is 5.37. The first kappa shape index (κ1) is 15.9. The van der Waals surface area contributed by atoms with E-state index in [-0.39, 0.29) is 6.61 Å². The Bertz CT molecular complexity index is 383. The van der Waals surface area contributed by atoms with Crippen LogP contribution in [0.1, 0.15) is 17.5 Å². The van der Waals surface area contributed by atoms with E-state index < -0.39 is 19.1 Å². The third-order valence-corrected chi connectivity index (χ3v) is 2.73. The van der Waals surface area contributed by atoms with E-state index in [0.29, 0.717) is 12.8 Å². The van der Waals surface area contributed by atoms with Crippen molar-refractivity contribution in [3.05, 3.63) is 29.3 Å². The van der Waals surface area contributed by atoms with E-state index >= 15 is 0 Å². The summed E-state index contributed by atoms with van der Waals surface area (Å²) in [5.41, 5.74) is 1.99. The Balaban J connectivity index is 2.43. The molecule has 0 radical (unpaired) electrons. The van der Waals surface area contributed by atoms with Gasteiger partial charge in [-0.05, 0) is 25.0 Å². The van der Waals surface area contributed by atoms with E-state index in [2.05, 4.69) is 0 Å². The van der Waals surface area contributed by atoms with Crippen molar-refractivity contribution in [2.24, 2.45) is 0 Å². The van der Waals surface area contributed by atoms with Crippen molar-refractivity contribution < 1.29 is 23.4 Å². The average Bonchev–Trinajstić information content (AvgIpc) is 2.35. The van der Waals surface area contributed by atoms with Gasteiger partial charge in [0.05, 0.1) is 13.2 Å². The minimum absolute atomic E-state index is 0.125. The first-order valence-corrected chi connectivity index (χ1v) is 6.20. The maximum atomic E-state index is 11.8. The highest BCUT2D eigenvalue weighted by atomic mass is 19.3. The van der Waals surface area contributed by atoms with Crippen LogP contribution in [0.4, 0.5) is 8.78 Å². The summed E-state index contributed by atoms with van der Waals surface area (Å²) in [4.78, 5) is 0. The number of benzene rings is 1. The van der Waals surface area contributed by atoms with Crippen molar-refractivity contribution in [1.82, 2.24) is 0 Å². The molecule has 5 heteroatoms. The molecule has 1 aromatic rings. The lowest BCUT2D eigenvalue weighted by Crippen LogP contribution is -2.16. The lowest BCUT2D eigenvalue weighted by Gasteiger charge is -2.14. The van der Waals surface area contributed by atoms with Crippen LogP contribution in [-0.4, -0.2) is 38.0 Å². The van der Waals surface area contributed by atoms with Gasteiger partial charge in [0.2, 0.25) is 0 Å². The normalized spacial score (nSPS) is 12.7. The number of alkyl halides is 2. The molecule has 0 aliphatic rings. The van der Waals surface area contributed by atoms with Gasteiger partial charge in [-0.3, -0.25) is 0 Å². The summed E-state index contributed by atoms with van der Waals surface area (Å²) in [6.07, 6.45) is -2.35. The van der Waals surface area contributed by atoms with E-state index in [0.717, 1.165) is 16.9 Å². The highest BCUT2D eigenvalue weighted by Gasteiger charge is 2.11. The second-order valence-electron chi connectivity index (χ2n) is 4.43. The Hall–Kier alpha value is -1.20. The lowest BCUT2D eigenvalue weighted by molar-refractivity contribution is 0.00508. The Morgan fingerprint density at radius 2 is 2.05 bits per heavy atom. The molecule has 108 valence electrons. The molecule has 19 heavy (non-hydrogen) atoms. The number of aliphatic hydroxyl groups excluding tert-OH is 1. The molecule has 0 amide bonds. The van der Waals surface area contributed by atoms with Gasteiger partial charge in [0.15, 0.2) is 0 Å². The number of rotatable bonds is 8. The maximum absolute atomic E-state index is 11.8. The average molecular weight is 274 g/mol.